The molecule has 2 N–H and O–H groups in total. The Labute approximate surface area is 153 Å². The number of anilines is 2. The van der Waals surface area contributed by atoms with E-state index in [9.17, 15) is 9.59 Å². The molecular weight excluding hydrogens is 371 g/mol. The molecule has 0 bridgehead atoms. The first-order chi connectivity index (χ1) is 12.0. The molecule has 0 saturated carbocycles. The zero-order valence-electron chi connectivity index (χ0n) is 12.8. The molecule has 0 aliphatic rings. The predicted octanol–water partition coefficient (Wildman–Crippen LogP) is 4.72. The first-order valence-electron chi connectivity index (χ1n) is 6.99. The lowest BCUT2D eigenvalue weighted by atomic mass is 10.3. The van der Waals surface area contributed by atoms with Crippen molar-refractivity contribution in [1.29, 1.82) is 0 Å². The summed E-state index contributed by atoms with van der Waals surface area (Å²) in [4.78, 5) is 23.0. The molecule has 2 aromatic carbocycles. The van der Waals surface area contributed by atoms with Gasteiger partial charge in [0.1, 0.15) is 0 Å². The van der Waals surface area contributed by atoms with Crippen molar-refractivity contribution in [2.45, 2.75) is 0 Å². The van der Waals surface area contributed by atoms with Gasteiger partial charge in [-0.3, -0.25) is 10.6 Å². The normalized spacial score (nSPS) is 10.0. The van der Waals surface area contributed by atoms with E-state index in [1.54, 1.807) is 48.5 Å². The fourth-order valence-corrected chi connectivity index (χ4v) is 1.85. The number of ether oxygens (including phenoxy) is 3. The largest absolute Gasteiger partial charge is 0.422 e. The Morgan fingerprint density at radius 3 is 1.44 bits per heavy atom. The van der Waals surface area contributed by atoms with Crippen LogP contribution in [0.25, 0.3) is 0 Å². The van der Waals surface area contributed by atoms with Crippen molar-refractivity contribution in [3.63, 3.8) is 0 Å². The molecule has 132 valence electrons. The third-order valence-corrected chi connectivity index (χ3v) is 3.23. The topological polar surface area (TPSA) is 85.9 Å². The molecule has 0 aliphatic carbocycles. The number of hydrogen-bond donors (Lipinski definition) is 2. The fraction of sp³-hybridized carbons (Fsp3) is 0.125. The second-order valence-corrected chi connectivity index (χ2v) is 5.44. The van der Waals surface area contributed by atoms with Crippen LogP contribution in [0.5, 0.6) is 0 Å². The van der Waals surface area contributed by atoms with Gasteiger partial charge in [-0.05, 0) is 48.5 Å². The first kappa shape index (κ1) is 18.9. The van der Waals surface area contributed by atoms with Gasteiger partial charge in [-0.25, -0.2) is 9.59 Å². The third-order valence-electron chi connectivity index (χ3n) is 2.73. The van der Waals surface area contributed by atoms with Gasteiger partial charge in [0, 0.05) is 21.4 Å². The summed E-state index contributed by atoms with van der Waals surface area (Å²) in [5, 5.41) is 6.05. The number of nitrogens with one attached hydrogen (secondary N) is 2. The average Bonchev–Trinajstić information content (AvgIpc) is 2.59. The van der Waals surface area contributed by atoms with Crippen LogP contribution in [-0.4, -0.2) is 25.8 Å². The summed E-state index contributed by atoms with van der Waals surface area (Å²) in [6, 6.07) is 13.0. The molecule has 7 nitrogen and oxygen atoms in total. The average molecular weight is 385 g/mol. The van der Waals surface area contributed by atoms with Crippen molar-refractivity contribution in [3.05, 3.63) is 58.6 Å². The van der Waals surface area contributed by atoms with Crippen molar-refractivity contribution < 1.29 is 23.8 Å². The zero-order chi connectivity index (χ0) is 18.1. The zero-order valence-corrected chi connectivity index (χ0v) is 14.3. The monoisotopic (exact) mass is 384 g/mol. The minimum atomic E-state index is -0.715. The van der Waals surface area contributed by atoms with Gasteiger partial charge in [0.25, 0.3) is 0 Å². The van der Waals surface area contributed by atoms with E-state index in [1.807, 2.05) is 0 Å². The molecule has 25 heavy (non-hydrogen) atoms. The van der Waals surface area contributed by atoms with Gasteiger partial charge in [-0.1, -0.05) is 23.2 Å². The summed E-state index contributed by atoms with van der Waals surface area (Å²) in [5.74, 6) is 0. The van der Waals surface area contributed by atoms with E-state index in [1.165, 1.54) is 0 Å². The maximum Gasteiger partial charge on any atom is 0.413 e. The second-order valence-electron chi connectivity index (χ2n) is 4.57. The van der Waals surface area contributed by atoms with Gasteiger partial charge in [0.05, 0.1) is 0 Å². The first-order valence-corrected chi connectivity index (χ1v) is 7.75. The van der Waals surface area contributed by atoms with Crippen molar-refractivity contribution in [2.24, 2.45) is 0 Å². The molecule has 2 amide bonds. The molecule has 0 radical (unpaired) electrons. The number of rotatable bonds is 6. The van der Waals surface area contributed by atoms with E-state index in [0.717, 1.165) is 0 Å². The number of halogens is 2. The highest BCUT2D eigenvalue weighted by Gasteiger charge is 2.05. The molecule has 0 atom stereocenters. The van der Waals surface area contributed by atoms with Crippen molar-refractivity contribution in [2.75, 3.05) is 24.2 Å². The molecule has 0 spiro atoms. The van der Waals surface area contributed by atoms with E-state index in [2.05, 4.69) is 10.6 Å². The molecule has 0 fully saturated rings. The van der Waals surface area contributed by atoms with Crippen LogP contribution in [0.2, 0.25) is 10.0 Å². The van der Waals surface area contributed by atoms with E-state index in [4.69, 9.17) is 37.4 Å². The maximum atomic E-state index is 11.5. The van der Waals surface area contributed by atoms with Gasteiger partial charge >= 0.3 is 12.2 Å². The second kappa shape index (κ2) is 9.73. The highest BCUT2D eigenvalue weighted by Crippen LogP contribution is 2.14. The molecule has 0 unspecified atom stereocenters. The molecule has 0 saturated heterocycles. The summed E-state index contributed by atoms with van der Waals surface area (Å²) in [7, 11) is 0. The predicted molar refractivity (Wildman–Crippen MR) is 93.9 cm³/mol. The smallest absolute Gasteiger partial charge is 0.413 e. The number of amides is 2. The van der Waals surface area contributed by atoms with Crippen molar-refractivity contribution >= 4 is 46.8 Å². The Bertz CT molecular complexity index is 646. The van der Waals surface area contributed by atoms with Crippen LogP contribution in [0, 0.1) is 0 Å². The minimum Gasteiger partial charge on any atom is -0.422 e. The third kappa shape index (κ3) is 7.30. The molecule has 9 heteroatoms. The van der Waals surface area contributed by atoms with Crippen LogP contribution in [-0.2, 0) is 14.2 Å². The van der Waals surface area contributed by atoms with Gasteiger partial charge < -0.3 is 14.2 Å². The SMILES string of the molecule is O=C(Nc1ccc(Cl)cc1)OCOCOC(=O)Nc1ccc(Cl)cc1. The highest BCUT2D eigenvalue weighted by atomic mass is 35.5. The van der Waals surface area contributed by atoms with Crippen LogP contribution in [0.3, 0.4) is 0 Å². The van der Waals surface area contributed by atoms with Crippen LogP contribution >= 0.6 is 23.2 Å². The van der Waals surface area contributed by atoms with E-state index < -0.39 is 12.2 Å². The summed E-state index contributed by atoms with van der Waals surface area (Å²) < 4.78 is 14.4. The van der Waals surface area contributed by atoms with Gasteiger partial charge in [0.2, 0.25) is 0 Å². The Kier molecular flexibility index (Phi) is 7.34. The van der Waals surface area contributed by atoms with E-state index in [-0.39, 0.29) is 13.6 Å². The molecule has 0 aromatic heterocycles. The summed E-state index contributed by atoms with van der Waals surface area (Å²) in [6.07, 6.45) is -1.43. The lowest BCUT2D eigenvalue weighted by Crippen LogP contribution is -2.19. The van der Waals surface area contributed by atoms with Crippen molar-refractivity contribution in [1.82, 2.24) is 0 Å². The number of carbonyl (C=O) groups excluding carboxylic acids is 2. The quantitative estimate of drug-likeness (QED) is 0.555. The molecule has 2 rings (SSSR count). The summed E-state index contributed by atoms with van der Waals surface area (Å²) in [5.41, 5.74) is 1.04. The molecule has 0 aliphatic heterocycles. The molecule has 0 heterocycles. The summed E-state index contributed by atoms with van der Waals surface area (Å²) in [6.45, 7) is -0.763. The van der Waals surface area contributed by atoms with Gasteiger partial charge in [0.15, 0.2) is 13.6 Å². The van der Waals surface area contributed by atoms with Gasteiger partial charge in [-0.15, -0.1) is 0 Å². The highest BCUT2D eigenvalue weighted by molar-refractivity contribution is 6.30. The Hall–Kier alpha value is -2.48. The van der Waals surface area contributed by atoms with E-state index >= 15 is 0 Å². The van der Waals surface area contributed by atoms with E-state index in [0.29, 0.717) is 21.4 Å². The Morgan fingerprint density at radius 1 is 0.720 bits per heavy atom. The molecular formula is C16H14Cl2N2O5. The minimum absolute atomic E-state index is 0.381. The van der Waals surface area contributed by atoms with Crippen LogP contribution in [0.1, 0.15) is 0 Å². The van der Waals surface area contributed by atoms with Crippen LogP contribution in [0.4, 0.5) is 21.0 Å². The fourth-order valence-electron chi connectivity index (χ4n) is 1.60. The maximum absolute atomic E-state index is 11.5. The Balaban J connectivity index is 1.57. The standard InChI is InChI=1S/C16H14Cl2N2O5/c17-11-1-5-13(6-2-11)19-15(21)24-9-23-10-25-16(22)20-14-7-3-12(18)4-8-14/h1-8H,9-10H2,(H,19,21)(H,20,22). The lowest BCUT2D eigenvalue weighted by molar-refractivity contribution is -0.0797. The number of hydrogen-bond acceptors (Lipinski definition) is 5. The van der Waals surface area contributed by atoms with Crippen LogP contribution < -0.4 is 10.6 Å². The van der Waals surface area contributed by atoms with Crippen molar-refractivity contribution in [3.8, 4) is 0 Å². The summed E-state index contributed by atoms with van der Waals surface area (Å²) >= 11 is 11.5. The lowest BCUT2D eigenvalue weighted by Gasteiger charge is -2.09. The molecule has 2 aromatic rings. The Morgan fingerprint density at radius 2 is 1.08 bits per heavy atom. The number of carbonyl (C=O) groups is 2. The van der Waals surface area contributed by atoms with Crippen LogP contribution in [0.15, 0.2) is 48.5 Å². The number of benzene rings is 2. The van der Waals surface area contributed by atoms with Gasteiger partial charge in [-0.2, -0.15) is 0 Å².